The van der Waals surface area contributed by atoms with Crippen LogP contribution < -0.4 is 11.1 Å². The van der Waals surface area contributed by atoms with Crippen molar-refractivity contribution < 1.29 is 0 Å². The van der Waals surface area contributed by atoms with E-state index in [1.807, 2.05) is 0 Å². The minimum absolute atomic E-state index is 0.157. The van der Waals surface area contributed by atoms with Crippen LogP contribution in [0.15, 0.2) is 0 Å². The second-order valence-corrected chi connectivity index (χ2v) is 5.47. The first kappa shape index (κ1) is 13.5. The Hall–Kier alpha value is -0.520. The van der Waals surface area contributed by atoms with Gasteiger partial charge in [0.1, 0.15) is 0 Å². The van der Waals surface area contributed by atoms with E-state index in [9.17, 15) is 0 Å². The lowest BCUT2D eigenvalue weighted by Gasteiger charge is -2.42. The summed E-state index contributed by atoms with van der Waals surface area (Å²) >= 11 is 0. The summed E-state index contributed by atoms with van der Waals surface area (Å²) in [5, 5.41) is 3.60. The summed E-state index contributed by atoms with van der Waals surface area (Å²) in [5.41, 5.74) is 6.13. The fourth-order valence-corrected chi connectivity index (χ4v) is 2.80. The highest BCUT2D eigenvalue weighted by Crippen LogP contribution is 2.35. The van der Waals surface area contributed by atoms with Gasteiger partial charge in [-0.2, -0.15) is 0 Å². The van der Waals surface area contributed by atoms with Gasteiger partial charge in [-0.1, -0.05) is 26.7 Å². The molecule has 0 radical (unpaired) electrons. The number of nitrogens with one attached hydrogen (secondary N) is 1. The van der Waals surface area contributed by atoms with Crippen molar-refractivity contribution in [2.75, 3.05) is 13.1 Å². The van der Waals surface area contributed by atoms with Crippen LogP contribution >= 0.6 is 0 Å². The van der Waals surface area contributed by atoms with Gasteiger partial charge in [0, 0.05) is 25.0 Å². The number of hydrogen-bond acceptors (Lipinski definition) is 2. The molecule has 1 rings (SSSR count). The van der Waals surface area contributed by atoms with E-state index in [1.54, 1.807) is 0 Å². The fourth-order valence-electron chi connectivity index (χ4n) is 2.80. The molecule has 0 aromatic rings. The molecule has 0 bridgehead atoms. The molecule has 0 aliphatic heterocycles. The minimum atomic E-state index is 0.157. The number of nitrogens with two attached hydrogens (primary N) is 1. The van der Waals surface area contributed by atoms with Crippen molar-refractivity contribution in [1.82, 2.24) is 5.32 Å². The van der Waals surface area contributed by atoms with E-state index in [1.165, 1.54) is 25.7 Å². The van der Waals surface area contributed by atoms with Crippen molar-refractivity contribution in [1.29, 1.82) is 0 Å². The molecule has 0 aromatic heterocycles. The summed E-state index contributed by atoms with van der Waals surface area (Å²) in [4.78, 5) is 0. The van der Waals surface area contributed by atoms with Crippen LogP contribution in [0, 0.1) is 24.2 Å². The molecule has 2 heteroatoms. The Kier molecular flexibility index (Phi) is 5.31. The summed E-state index contributed by atoms with van der Waals surface area (Å²) in [6.45, 7) is 6.27. The van der Waals surface area contributed by atoms with Crippen LogP contribution in [0.1, 0.15) is 46.0 Å². The van der Waals surface area contributed by atoms with Crippen LogP contribution in [0.3, 0.4) is 0 Å². The molecule has 92 valence electrons. The molecule has 0 aromatic carbocycles. The molecule has 0 heterocycles. The largest absolute Gasteiger partial charge is 0.329 e. The van der Waals surface area contributed by atoms with Crippen LogP contribution in [-0.2, 0) is 0 Å². The zero-order chi connectivity index (χ0) is 12.0. The second-order valence-electron chi connectivity index (χ2n) is 5.47. The molecule has 1 saturated carbocycles. The molecular formula is C14H26N2. The Morgan fingerprint density at radius 3 is 2.88 bits per heavy atom. The Morgan fingerprint density at radius 2 is 2.31 bits per heavy atom. The third kappa shape index (κ3) is 3.50. The highest BCUT2D eigenvalue weighted by molar-refractivity contribution is 4.96. The summed E-state index contributed by atoms with van der Waals surface area (Å²) in [6.07, 6.45) is 11.2. The number of hydrogen-bond donors (Lipinski definition) is 2. The normalized spacial score (nSPS) is 30.3. The van der Waals surface area contributed by atoms with Gasteiger partial charge in [-0.05, 0) is 24.7 Å². The van der Waals surface area contributed by atoms with Crippen LogP contribution in [0.2, 0.25) is 0 Å². The molecular weight excluding hydrogens is 196 g/mol. The van der Waals surface area contributed by atoms with E-state index in [4.69, 9.17) is 12.2 Å². The summed E-state index contributed by atoms with van der Waals surface area (Å²) in [7, 11) is 0. The van der Waals surface area contributed by atoms with E-state index in [-0.39, 0.29) is 5.54 Å². The molecule has 16 heavy (non-hydrogen) atoms. The third-order valence-corrected chi connectivity index (χ3v) is 3.99. The van der Waals surface area contributed by atoms with Gasteiger partial charge >= 0.3 is 0 Å². The molecule has 1 aliphatic carbocycles. The zero-order valence-corrected chi connectivity index (χ0v) is 10.8. The van der Waals surface area contributed by atoms with Gasteiger partial charge < -0.3 is 11.1 Å². The van der Waals surface area contributed by atoms with Gasteiger partial charge in [0.25, 0.3) is 0 Å². The minimum Gasteiger partial charge on any atom is -0.329 e. The SMILES string of the molecule is C#CCCNC1(CN)CCCC(C(C)C)C1. The monoisotopic (exact) mass is 222 g/mol. The standard InChI is InChI=1S/C14H26N2/c1-4-5-9-16-14(11-15)8-6-7-13(10-14)12(2)3/h1,12-13,16H,5-11,15H2,2-3H3. The van der Waals surface area contributed by atoms with E-state index in [0.29, 0.717) is 0 Å². The Morgan fingerprint density at radius 1 is 1.56 bits per heavy atom. The highest BCUT2D eigenvalue weighted by atomic mass is 15.0. The second kappa shape index (κ2) is 6.27. The topological polar surface area (TPSA) is 38.0 Å². The van der Waals surface area contributed by atoms with Crippen molar-refractivity contribution in [2.24, 2.45) is 17.6 Å². The highest BCUT2D eigenvalue weighted by Gasteiger charge is 2.35. The average Bonchev–Trinajstić information content (AvgIpc) is 2.30. The van der Waals surface area contributed by atoms with Gasteiger partial charge in [0.05, 0.1) is 0 Å². The van der Waals surface area contributed by atoms with Crippen LogP contribution in [0.4, 0.5) is 0 Å². The van der Waals surface area contributed by atoms with Crippen molar-refractivity contribution in [3.05, 3.63) is 0 Å². The Labute approximate surface area is 100 Å². The lowest BCUT2D eigenvalue weighted by Crippen LogP contribution is -2.54. The molecule has 0 spiro atoms. The van der Waals surface area contributed by atoms with Gasteiger partial charge in [-0.15, -0.1) is 12.3 Å². The lowest BCUT2D eigenvalue weighted by atomic mass is 9.71. The third-order valence-electron chi connectivity index (χ3n) is 3.99. The molecule has 2 unspecified atom stereocenters. The molecule has 3 N–H and O–H groups in total. The molecule has 2 nitrogen and oxygen atoms in total. The van der Waals surface area contributed by atoms with Crippen molar-refractivity contribution in [3.8, 4) is 12.3 Å². The van der Waals surface area contributed by atoms with Crippen molar-refractivity contribution in [3.63, 3.8) is 0 Å². The number of rotatable bonds is 5. The van der Waals surface area contributed by atoms with Crippen molar-refractivity contribution in [2.45, 2.75) is 51.5 Å². The van der Waals surface area contributed by atoms with Crippen molar-refractivity contribution >= 4 is 0 Å². The Bertz CT molecular complexity index is 242. The van der Waals surface area contributed by atoms with Crippen LogP contribution in [-0.4, -0.2) is 18.6 Å². The Balaban J connectivity index is 2.53. The maximum absolute atomic E-state index is 5.97. The van der Waals surface area contributed by atoms with E-state index in [0.717, 1.165) is 31.3 Å². The van der Waals surface area contributed by atoms with Crippen LogP contribution in [0.5, 0.6) is 0 Å². The first-order valence-corrected chi connectivity index (χ1v) is 6.52. The fraction of sp³-hybridized carbons (Fsp3) is 0.857. The van der Waals surface area contributed by atoms with Gasteiger partial charge in [0.15, 0.2) is 0 Å². The predicted octanol–water partition coefficient (Wildman–Crippen LogP) is 2.14. The van der Waals surface area contributed by atoms with Gasteiger partial charge in [0.2, 0.25) is 0 Å². The van der Waals surface area contributed by atoms with E-state index in [2.05, 4.69) is 25.1 Å². The predicted molar refractivity (Wildman–Crippen MR) is 70.0 cm³/mol. The maximum Gasteiger partial charge on any atom is 0.0307 e. The first-order chi connectivity index (χ1) is 7.63. The lowest BCUT2D eigenvalue weighted by molar-refractivity contribution is 0.154. The summed E-state index contributed by atoms with van der Waals surface area (Å²) in [6, 6.07) is 0. The molecule has 2 atom stereocenters. The van der Waals surface area contributed by atoms with Gasteiger partial charge in [-0.25, -0.2) is 0 Å². The zero-order valence-electron chi connectivity index (χ0n) is 10.8. The van der Waals surface area contributed by atoms with E-state index >= 15 is 0 Å². The van der Waals surface area contributed by atoms with Crippen LogP contribution in [0.25, 0.3) is 0 Å². The maximum atomic E-state index is 5.97. The molecule has 0 amide bonds. The number of terminal acetylenes is 1. The molecule has 1 aliphatic rings. The molecule has 1 fully saturated rings. The summed E-state index contributed by atoms with van der Waals surface area (Å²) < 4.78 is 0. The average molecular weight is 222 g/mol. The van der Waals surface area contributed by atoms with E-state index < -0.39 is 0 Å². The first-order valence-electron chi connectivity index (χ1n) is 6.52. The smallest absolute Gasteiger partial charge is 0.0307 e. The van der Waals surface area contributed by atoms with Gasteiger partial charge in [-0.3, -0.25) is 0 Å². The summed E-state index contributed by atoms with van der Waals surface area (Å²) in [5.74, 6) is 4.26. The molecule has 0 saturated heterocycles. The quantitative estimate of drug-likeness (QED) is 0.552.